The molecule has 1 aromatic carbocycles. The monoisotopic (exact) mass is 255 g/mol. The van der Waals surface area contributed by atoms with Gasteiger partial charge in [-0.1, -0.05) is 6.07 Å². The summed E-state index contributed by atoms with van der Waals surface area (Å²) in [5.74, 6) is 0. The number of imidazole rings is 1. The molecule has 5 heteroatoms. The molecule has 2 heterocycles. The van der Waals surface area contributed by atoms with E-state index in [1.807, 2.05) is 29.7 Å². The van der Waals surface area contributed by atoms with Crippen LogP contribution < -0.4 is 5.73 Å². The zero-order valence-electron chi connectivity index (χ0n) is 11.4. The van der Waals surface area contributed by atoms with E-state index >= 15 is 0 Å². The van der Waals surface area contributed by atoms with Gasteiger partial charge in [0.1, 0.15) is 0 Å². The van der Waals surface area contributed by atoms with Gasteiger partial charge in [-0.05, 0) is 24.6 Å². The molecule has 0 fully saturated rings. The average Bonchev–Trinajstić information content (AvgIpc) is 2.90. The number of rotatable bonds is 2. The minimum atomic E-state index is 0.464. The highest BCUT2D eigenvalue weighted by atomic mass is 15.3. The van der Waals surface area contributed by atoms with Crippen LogP contribution in [0.4, 0.5) is 0 Å². The summed E-state index contributed by atoms with van der Waals surface area (Å²) in [5, 5.41) is 4.46. The molecule has 0 aliphatic carbocycles. The predicted molar refractivity (Wildman–Crippen MR) is 75.5 cm³/mol. The number of aromatic nitrogens is 4. The lowest BCUT2D eigenvalue weighted by Gasteiger charge is -2.04. The van der Waals surface area contributed by atoms with Crippen LogP contribution in [0.3, 0.4) is 0 Å². The fourth-order valence-corrected chi connectivity index (χ4v) is 2.57. The van der Waals surface area contributed by atoms with Crippen LogP contribution in [-0.4, -0.2) is 19.3 Å². The molecule has 2 aromatic heterocycles. The molecule has 0 amide bonds. The van der Waals surface area contributed by atoms with Crippen molar-refractivity contribution in [3.8, 4) is 11.3 Å². The van der Waals surface area contributed by atoms with E-state index in [4.69, 9.17) is 5.73 Å². The topological polar surface area (TPSA) is 61.7 Å². The Hall–Kier alpha value is -2.14. The lowest BCUT2D eigenvalue weighted by Crippen LogP contribution is -1.99. The van der Waals surface area contributed by atoms with Crippen molar-refractivity contribution in [1.82, 2.24) is 19.3 Å². The van der Waals surface area contributed by atoms with E-state index in [0.29, 0.717) is 6.54 Å². The van der Waals surface area contributed by atoms with E-state index < -0.39 is 0 Å². The van der Waals surface area contributed by atoms with Crippen LogP contribution in [0.5, 0.6) is 0 Å². The van der Waals surface area contributed by atoms with Gasteiger partial charge in [0.05, 0.1) is 28.7 Å². The fraction of sp³-hybridized carbons (Fsp3) is 0.286. The molecule has 2 N–H and O–H groups in total. The third-order valence-corrected chi connectivity index (χ3v) is 3.57. The number of nitrogens with zero attached hydrogens (tertiary/aromatic N) is 4. The summed E-state index contributed by atoms with van der Waals surface area (Å²) in [6.45, 7) is 2.53. The van der Waals surface area contributed by atoms with E-state index in [1.165, 1.54) is 0 Å². The second-order valence-electron chi connectivity index (χ2n) is 4.81. The number of nitrogens with two attached hydrogens (primary N) is 1. The lowest BCUT2D eigenvalue weighted by atomic mass is 10.1. The Bertz CT molecular complexity index is 751. The number of hydrogen-bond donors (Lipinski definition) is 1. The summed E-state index contributed by atoms with van der Waals surface area (Å²) in [6, 6.07) is 6.29. The van der Waals surface area contributed by atoms with Crippen molar-refractivity contribution in [2.45, 2.75) is 13.5 Å². The number of benzene rings is 1. The molecule has 0 aliphatic rings. The molecule has 0 saturated carbocycles. The molecule has 0 unspecified atom stereocenters. The zero-order chi connectivity index (χ0) is 13.6. The van der Waals surface area contributed by atoms with Gasteiger partial charge in [0.15, 0.2) is 0 Å². The first-order valence-electron chi connectivity index (χ1n) is 6.26. The number of aryl methyl sites for hydroxylation is 2. The van der Waals surface area contributed by atoms with Gasteiger partial charge >= 0.3 is 0 Å². The quantitative estimate of drug-likeness (QED) is 0.758. The zero-order valence-corrected chi connectivity index (χ0v) is 11.4. The van der Waals surface area contributed by atoms with E-state index in [1.54, 1.807) is 0 Å². The van der Waals surface area contributed by atoms with Crippen LogP contribution in [0.1, 0.15) is 11.3 Å². The molecule has 0 spiro atoms. The maximum absolute atomic E-state index is 5.71. The summed E-state index contributed by atoms with van der Waals surface area (Å²) in [5.41, 5.74) is 12.1. The van der Waals surface area contributed by atoms with E-state index in [0.717, 1.165) is 33.5 Å². The molecular weight excluding hydrogens is 238 g/mol. The largest absolute Gasteiger partial charge is 0.334 e. The molecule has 3 rings (SSSR count). The van der Waals surface area contributed by atoms with Crippen LogP contribution in [0.15, 0.2) is 24.5 Å². The summed E-state index contributed by atoms with van der Waals surface area (Å²) in [6.07, 6.45) is 1.83. The molecule has 0 bridgehead atoms. The second-order valence-corrected chi connectivity index (χ2v) is 4.81. The van der Waals surface area contributed by atoms with Crippen LogP contribution >= 0.6 is 0 Å². The maximum atomic E-state index is 5.71. The number of hydrogen-bond acceptors (Lipinski definition) is 3. The first-order chi connectivity index (χ1) is 9.11. The molecule has 5 nitrogen and oxygen atoms in total. The van der Waals surface area contributed by atoms with Crippen LogP contribution in [-0.2, 0) is 20.6 Å². The summed E-state index contributed by atoms with van der Waals surface area (Å²) in [7, 11) is 3.95. The molecule has 19 heavy (non-hydrogen) atoms. The highest BCUT2D eigenvalue weighted by Crippen LogP contribution is 2.27. The van der Waals surface area contributed by atoms with Gasteiger partial charge in [-0.2, -0.15) is 5.10 Å². The SMILES string of the molecule is Cc1c(CN)nn(C)c1-c1ccc2c(c1)ncn2C. The fourth-order valence-electron chi connectivity index (χ4n) is 2.57. The normalized spacial score (nSPS) is 11.4. The Morgan fingerprint density at radius 2 is 2.05 bits per heavy atom. The Labute approximate surface area is 111 Å². The highest BCUT2D eigenvalue weighted by molar-refractivity contribution is 5.82. The van der Waals surface area contributed by atoms with Crippen molar-refractivity contribution in [1.29, 1.82) is 0 Å². The van der Waals surface area contributed by atoms with Gasteiger partial charge < -0.3 is 10.3 Å². The molecular formula is C14H17N5. The molecule has 0 radical (unpaired) electrons. The summed E-state index contributed by atoms with van der Waals surface area (Å²) < 4.78 is 3.90. The summed E-state index contributed by atoms with van der Waals surface area (Å²) >= 11 is 0. The van der Waals surface area contributed by atoms with Crippen LogP contribution in [0.2, 0.25) is 0 Å². The Morgan fingerprint density at radius 1 is 1.26 bits per heavy atom. The Balaban J connectivity index is 2.21. The first-order valence-corrected chi connectivity index (χ1v) is 6.26. The molecule has 0 saturated heterocycles. The van der Waals surface area contributed by atoms with Gasteiger partial charge in [0.25, 0.3) is 0 Å². The molecule has 3 aromatic rings. The molecule has 98 valence electrons. The lowest BCUT2D eigenvalue weighted by molar-refractivity contribution is 0.749. The van der Waals surface area contributed by atoms with Crippen molar-refractivity contribution < 1.29 is 0 Å². The van der Waals surface area contributed by atoms with Gasteiger partial charge in [-0.3, -0.25) is 4.68 Å². The van der Waals surface area contributed by atoms with Crippen LogP contribution in [0, 0.1) is 6.92 Å². The Kier molecular flexibility index (Phi) is 2.64. The van der Waals surface area contributed by atoms with Crippen molar-refractivity contribution in [2.75, 3.05) is 0 Å². The van der Waals surface area contributed by atoms with Crippen molar-refractivity contribution in [3.05, 3.63) is 35.8 Å². The van der Waals surface area contributed by atoms with E-state index in [2.05, 4.69) is 35.2 Å². The molecule has 0 atom stereocenters. The van der Waals surface area contributed by atoms with Gasteiger partial charge in [-0.25, -0.2) is 4.98 Å². The standard InChI is InChI=1S/C14H17N5/c1-9-12(7-15)17-19(3)14(9)10-4-5-13-11(6-10)16-8-18(13)2/h4-6,8H,7,15H2,1-3H3. The predicted octanol–water partition coefficient (Wildman–Crippen LogP) is 1.74. The Morgan fingerprint density at radius 3 is 2.74 bits per heavy atom. The van der Waals surface area contributed by atoms with E-state index in [9.17, 15) is 0 Å². The average molecular weight is 255 g/mol. The van der Waals surface area contributed by atoms with Gasteiger partial charge in [-0.15, -0.1) is 0 Å². The second kappa shape index (κ2) is 4.20. The van der Waals surface area contributed by atoms with E-state index in [-0.39, 0.29) is 0 Å². The van der Waals surface area contributed by atoms with Gasteiger partial charge in [0, 0.05) is 26.2 Å². The van der Waals surface area contributed by atoms with Crippen molar-refractivity contribution in [3.63, 3.8) is 0 Å². The summed E-state index contributed by atoms with van der Waals surface area (Å²) in [4.78, 5) is 4.40. The third kappa shape index (κ3) is 1.74. The maximum Gasteiger partial charge on any atom is 0.0955 e. The minimum absolute atomic E-state index is 0.464. The highest BCUT2D eigenvalue weighted by Gasteiger charge is 2.13. The van der Waals surface area contributed by atoms with Crippen LogP contribution in [0.25, 0.3) is 22.3 Å². The minimum Gasteiger partial charge on any atom is -0.334 e. The van der Waals surface area contributed by atoms with Crippen molar-refractivity contribution >= 4 is 11.0 Å². The van der Waals surface area contributed by atoms with Crippen molar-refractivity contribution in [2.24, 2.45) is 19.8 Å². The number of fused-ring (bicyclic) bond motifs is 1. The molecule has 0 aliphatic heterocycles. The first kappa shape index (κ1) is 11.9. The third-order valence-electron chi connectivity index (χ3n) is 3.57. The van der Waals surface area contributed by atoms with Gasteiger partial charge in [0.2, 0.25) is 0 Å². The smallest absolute Gasteiger partial charge is 0.0955 e.